The van der Waals surface area contributed by atoms with Crippen LogP contribution in [0.15, 0.2) is 144 Å². The zero-order valence-electron chi connectivity index (χ0n) is 23.2. The first-order valence-corrected chi connectivity index (χ1v) is 15.7. The molecular weight excluding hydrogens is 573 g/mol. The molecule has 0 amide bonds. The van der Waals surface area contributed by atoms with E-state index in [0.29, 0.717) is 11.5 Å². The lowest BCUT2D eigenvalue weighted by atomic mass is 9.89. The van der Waals surface area contributed by atoms with Crippen molar-refractivity contribution in [1.82, 2.24) is 0 Å². The standard InChI is InChI=1S/C37H28O4S2/c38-32(40-30-21-23-42-36(30)34(26-13-5-1-6-14-26)27-15-7-2-8-16-27)25-33(39)41-31-22-24-43-37(31)35(28-17-9-3-10-18-28)29-19-11-4-12-20-29/h1-24,34-35H,25H2. The highest BCUT2D eigenvalue weighted by Crippen LogP contribution is 2.42. The molecule has 0 aliphatic heterocycles. The highest BCUT2D eigenvalue weighted by molar-refractivity contribution is 7.10. The van der Waals surface area contributed by atoms with E-state index in [1.54, 1.807) is 12.1 Å². The van der Waals surface area contributed by atoms with Crippen molar-refractivity contribution in [2.45, 2.75) is 18.3 Å². The van der Waals surface area contributed by atoms with E-state index in [1.807, 2.05) is 83.6 Å². The summed E-state index contributed by atoms with van der Waals surface area (Å²) >= 11 is 3.04. The summed E-state index contributed by atoms with van der Waals surface area (Å²) in [6.07, 6.45) is -0.507. The fraction of sp³-hybridized carbons (Fsp3) is 0.0811. The van der Waals surface area contributed by atoms with E-state index in [2.05, 4.69) is 48.5 Å². The fourth-order valence-corrected chi connectivity index (χ4v) is 7.16. The van der Waals surface area contributed by atoms with E-state index in [-0.39, 0.29) is 11.8 Å². The van der Waals surface area contributed by atoms with Gasteiger partial charge in [-0.3, -0.25) is 9.59 Å². The third kappa shape index (κ3) is 6.67. The van der Waals surface area contributed by atoms with E-state index in [4.69, 9.17) is 9.47 Å². The first kappa shape index (κ1) is 28.3. The van der Waals surface area contributed by atoms with Gasteiger partial charge in [-0.15, -0.1) is 22.7 Å². The van der Waals surface area contributed by atoms with E-state index in [1.165, 1.54) is 22.7 Å². The molecule has 4 aromatic carbocycles. The minimum atomic E-state index is -0.663. The average Bonchev–Trinajstić information content (AvgIpc) is 3.69. The van der Waals surface area contributed by atoms with Crippen molar-refractivity contribution in [2.24, 2.45) is 0 Å². The number of esters is 2. The average molecular weight is 601 g/mol. The van der Waals surface area contributed by atoms with Crippen LogP contribution in [0.3, 0.4) is 0 Å². The molecular formula is C37H28O4S2. The van der Waals surface area contributed by atoms with Crippen LogP contribution in [0.2, 0.25) is 0 Å². The topological polar surface area (TPSA) is 52.6 Å². The summed E-state index contributed by atoms with van der Waals surface area (Å²) in [6.45, 7) is 0. The van der Waals surface area contributed by atoms with E-state index in [9.17, 15) is 9.59 Å². The Labute approximate surface area is 258 Å². The van der Waals surface area contributed by atoms with Crippen LogP contribution < -0.4 is 9.47 Å². The second-order valence-electron chi connectivity index (χ2n) is 9.93. The zero-order valence-corrected chi connectivity index (χ0v) is 24.8. The predicted molar refractivity (Wildman–Crippen MR) is 172 cm³/mol. The Bertz CT molecular complexity index is 1570. The van der Waals surface area contributed by atoms with Gasteiger partial charge in [-0.05, 0) is 45.1 Å². The van der Waals surface area contributed by atoms with Crippen LogP contribution >= 0.6 is 22.7 Å². The zero-order chi connectivity index (χ0) is 29.4. The number of ether oxygens (including phenoxy) is 2. The van der Waals surface area contributed by atoms with Crippen molar-refractivity contribution in [2.75, 3.05) is 0 Å². The third-order valence-electron chi connectivity index (χ3n) is 7.11. The molecule has 212 valence electrons. The number of carbonyl (C=O) groups is 2. The van der Waals surface area contributed by atoms with Crippen molar-refractivity contribution in [3.8, 4) is 11.5 Å². The molecule has 43 heavy (non-hydrogen) atoms. The number of benzene rings is 4. The molecule has 0 spiro atoms. The summed E-state index contributed by atoms with van der Waals surface area (Å²) in [5, 5.41) is 3.81. The summed E-state index contributed by atoms with van der Waals surface area (Å²) in [4.78, 5) is 27.9. The molecule has 0 N–H and O–H groups in total. The van der Waals surface area contributed by atoms with E-state index < -0.39 is 18.4 Å². The summed E-state index contributed by atoms with van der Waals surface area (Å²) in [7, 11) is 0. The summed E-state index contributed by atoms with van der Waals surface area (Å²) in [5.41, 5.74) is 4.35. The fourth-order valence-electron chi connectivity index (χ4n) is 5.22. The van der Waals surface area contributed by atoms with Gasteiger partial charge < -0.3 is 9.47 Å². The second-order valence-corrected chi connectivity index (χ2v) is 11.8. The van der Waals surface area contributed by atoms with Gasteiger partial charge in [0.2, 0.25) is 0 Å². The molecule has 0 atom stereocenters. The molecule has 0 saturated heterocycles. The molecule has 2 aromatic heterocycles. The lowest BCUT2D eigenvalue weighted by Gasteiger charge is -2.19. The van der Waals surface area contributed by atoms with Gasteiger partial charge in [0.15, 0.2) is 0 Å². The van der Waals surface area contributed by atoms with E-state index in [0.717, 1.165) is 32.0 Å². The Kier molecular flexibility index (Phi) is 8.88. The Morgan fingerprint density at radius 1 is 0.465 bits per heavy atom. The van der Waals surface area contributed by atoms with Crippen LogP contribution in [-0.2, 0) is 9.59 Å². The molecule has 6 rings (SSSR count). The number of thiophene rings is 2. The highest BCUT2D eigenvalue weighted by Gasteiger charge is 2.26. The second kappa shape index (κ2) is 13.5. The largest absolute Gasteiger partial charge is 0.425 e. The maximum atomic E-state index is 13.0. The van der Waals surface area contributed by atoms with Crippen molar-refractivity contribution >= 4 is 34.6 Å². The van der Waals surface area contributed by atoms with Crippen LogP contribution in [0, 0.1) is 0 Å². The Morgan fingerprint density at radius 3 is 1.07 bits per heavy atom. The molecule has 2 heterocycles. The van der Waals surface area contributed by atoms with Crippen LogP contribution in [-0.4, -0.2) is 11.9 Å². The predicted octanol–water partition coefficient (Wildman–Crippen LogP) is 9.07. The monoisotopic (exact) mass is 600 g/mol. The lowest BCUT2D eigenvalue weighted by Crippen LogP contribution is -2.19. The number of hydrogen-bond donors (Lipinski definition) is 0. The number of carbonyl (C=O) groups excluding carboxylic acids is 2. The van der Waals surface area contributed by atoms with Crippen molar-refractivity contribution in [3.63, 3.8) is 0 Å². The number of rotatable bonds is 10. The summed E-state index contributed by atoms with van der Waals surface area (Å²) in [5.74, 6) is -0.653. The smallest absolute Gasteiger partial charge is 0.322 e. The lowest BCUT2D eigenvalue weighted by molar-refractivity contribution is -0.144. The molecule has 0 aliphatic rings. The molecule has 0 fully saturated rings. The van der Waals surface area contributed by atoms with Gasteiger partial charge in [0.1, 0.15) is 17.9 Å². The minimum Gasteiger partial charge on any atom is -0.425 e. The Balaban J connectivity index is 1.19. The number of hydrogen-bond acceptors (Lipinski definition) is 6. The van der Waals surface area contributed by atoms with Crippen LogP contribution in [0.5, 0.6) is 11.5 Å². The summed E-state index contributed by atoms with van der Waals surface area (Å²) in [6, 6.07) is 44.0. The van der Waals surface area contributed by atoms with Crippen LogP contribution in [0.1, 0.15) is 50.3 Å². The summed E-state index contributed by atoms with van der Waals surface area (Å²) < 4.78 is 11.6. The van der Waals surface area contributed by atoms with Gasteiger partial charge in [-0.25, -0.2) is 0 Å². The molecule has 4 nitrogen and oxygen atoms in total. The first-order chi connectivity index (χ1) is 21.2. The van der Waals surface area contributed by atoms with Crippen molar-refractivity contribution < 1.29 is 19.1 Å². The van der Waals surface area contributed by atoms with Crippen LogP contribution in [0.25, 0.3) is 0 Å². The van der Waals surface area contributed by atoms with Crippen LogP contribution in [0.4, 0.5) is 0 Å². The molecule has 0 unspecified atom stereocenters. The maximum Gasteiger partial charge on any atom is 0.322 e. The minimum absolute atomic E-state index is 0.113. The van der Waals surface area contributed by atoms with Gasteiger partial charge in [0, 0.05) is 11.8 Å². The molecule has 0 bridgehead atoms. The van der Waals surface area contributed by atoms with Gasteiger partial charge >= 0.3 is 11.9 Å². The Hall–Kier alpha value is -4.78. The van der Waals surface area contributed by atoms with Gasteiger partial charge in [0.25, 0.3) is 0 Å². The molecule has 0 radical (unpaired) electrons. The molecule has 0 aliphatic carbocycles. The molecule has 6 aromatic rings. The quantitative estimate of drug-likeness (QED) is 0.116. The van der Waals surface area contributed by atoms with Gasteiger partial charge in [-0.1, -0.05) is 121 Å². The normalized spacial score (nSPS) is 11.0. The first-order valence-electron chi connectivity index (χ1n) is 13.9. The molecule has 6 heteroatoms. The van der Waals surface area contributed by atoms with Gasteiger partial charge in [0.05, 0.1) is 9.75 Å². The van der Waals surface area contributed by atoms with E-state index >= 15 is 0 Å². The maximum absolute atomic E-state index is 13.0. The molecule has 0 saturated carbocycles. The van der Waals surface area contributed by atoms with Crippen molar-refractivity contribution in [1.29, 1.82) is 0 Å². The SMILES string of the molecule is O=C(CC(=O)Oc1ccsc1C(c1ccccc1)c1ccccc1)Oc1ccsc1C(c1ccccc1)c1ccccc1. The third-order valence-corrected chi connectivity index (χ3v) is 9.03. The Morgan fingerprint density at radius 2 is 0.767 bits per heavy atom. The highest BCUT2D eigenvalue weighted by atomic mass is 32.1. The van der Waals surface area contributed by atoms with Gasteiger partial charge in [-0.2, -0.15) is 0 Å². The van der Waals surface area contributed by atoms with Crippen molar-refractivity contribution in [3.05, 3.63) is 176 Å².